The van der Waals surface area contributed by atoms with Crippen molar-refractivity contribution < 1.29 is 4.79 Å². The number of hydrogen-bond donors (Lipinski definition) is 2. The van der Waals surface area contributed by atoms with Crippen molar-refractivity contribution in [1.82, 2.24) is 4.90 Å². The Morgan fingerprint density at radius 2 is 2.12 bits per heavy atom. The molecule has 1 aromatic carbocycles. The van der Waals surface area contributed by atoms with E-state index in [9.17, 15) is 4.79 Å². The van der Waals surface area contributed by atoms with Gasteiger partial charge in [-0.2, -0.15) is 0 Å². The molecular weight excluding hydrogens is 214 g/mol. The molecule has 0 bridgehead atoms. The third-order valence-electron chi connectivity index (χ3n) is 3.06. The molecule has 1 aromatic rings. The van der Waals surface area contributed by atoms with E-state index in [2.05, 4.69) is 5.32 Å². The molecule has 0 aromatic heterocycles. The van der Waals surface area contributed by atoms with Gasteiger partial charge in [-0.15, -0.1) is 0 Å². The first-order valence-electron chi connectivity index (χ1n) is 6.08. The molecule has 1 atom stereocenters. The molecule has 1 aliphatic heterocycles. The highest BCUT2D eigenvalue weighted by atomic mass is 16.2. The van der Waals surface area contributed by atoms with Crippen molar-refractivity contribution in [2.24, 2.45) is 5.73 Å². The third kappa shape index (κ3) is 2.97. The van der Waals surface area contributed by atoms with Crippen LogP contribution in [0.1, 0.15) is 31.4 Å². The quantitative estimate of drug-likeness (QED) is 0.823. The number of urea groups is 1. The lowest BCUT2D eigenvalue weighted by atomic mass is 10.1. The van der Waals surface area contributed by atoms with Gasteiger partial charge in [-0.25, -0.2) is 4.79 Å². The number of amides is 2. The summed E-state index contributed by atoms with van der Waals surface area (Å²) in [5.41, 5.74) is 7.66. The molecule has 3 N–H and O–H groups in total. The van der Waals surface area contributed by atoms with E-state index in [1.54, 1.807) is 0 Å². The Balaban J connectivity index is 2.02. The van der Waals surface area contributed by atoms with Gasteiger partial charge < -0.3 is 16.0 Å². The predicted molar refractivity (Wildman–Crippen MR) is 68.9 cm³/mol. The number of nitrogens with zero attached hydrogens (tertiary/aromatic N) is 1. The zero-order chi connectivity index (χ0) is 12.3. The smallest absolute Gasteiger partial charge is 0.321 e. The predicted octanol–water partition coefficient (Wildman–Crippen LogP) is 2.33. The van der Waals surface area contributed by atoms with Gasteiger partial charge in [0.2, 0.25) is 0 Å². The Morgan fingerprint density at radius 3 is 2.76 bits per heavy atom. The molecule has 17 heavy (non-hydrogen) atoms. The third-order valence-corrected chi connectivity index (χ3v) is 3.06. The first-order valence-corrected chi connectivity index (χ1v) is 6.08. The molecular formula is C13H19N3O. The molecule has 4 nitrogen and oxygen atoms in total. The van der Waals surface area contributed by atoms with E-state index >= 15 is 0 Å². The largest absolute Gasteiger partial charge is 0.325 e. The first-order chi connectivity index (χ1) is 8.16. The molecule has 92 valence electrons. The molecule has 0 radical (unpaired) electrons. The van der Waals surface area contributed by atoms with Crippen molar-refractivity contribution in [3.8, 4) is 0 Å². The molecule has 1 heterocycles. The maximum atomic E-state index is 11.9. The number of rotatable bonds is 2. The summed E-state index contributed by atoms with van der Waals surface area (Å²) >= 11 is 0. The number of anilines is 1. The van der Waals surface area contributed by atoms with Gasteiger partial charge in [0.1, 0.15) is 0 Å². The normalized spacial score (nSPS) is 16.9. The second kappa shape index (κ2) is 5.19. The zero-order valence-electron chi connectivity index (χ0n) is 10.1. The SMILES string of the molecule is CC(N)c1cccc(NC(=O)N2CCCC2)c1. The van der Waals surface area contributed by atoms with Crippen molar-refractivity contribution in [3.05, 3.63) is 29.8 Å². The van der Waals surface area contributed by atoms with Crippen molar-refractivity contribution >= 4 is 11.7 Å². The van der Waals surface area contributed by atoms with Crippen LogP contribution in [0.25, 0.3) is 0 Å². The van der Waals surface area contributed by atoms with Gasteiger partial charge in [-0.1, -0.05) is 12.1 Å². The highest BCUT2D eigenvalue weighted by Gasteiger charge is 2.17. The van der Waals surface area contributed by atoms with Gasteiger partial charge in [0, 0.05) is 24.8 Å². The summed E-state index contributed by atoms with van der Waals surface area (Å²) in [6, 6.07) is 7.68. The highest BCUT2D eigenvalue weighted by Crippen LogP contribution is 2.17. The minimum Gasteiger partial charge on any atom is -0.325 e. The van der Waals surface area contributed by atoms with Crippen LogP contribution in [0.3, 0.4) is 0 Å². The van der Waals surface area contributed by atoms with Crippen LogP contribution in [-0.2, 0) is 0 Å². The molecule has 0 saturated carbocycles. The van der Waals surface area contributed by atoms with E-state index in [-0.39, 0.29) is 12.1 Å². The van der Waals surface area contributed by atoms with E-state index in [4.69, 9.17) is 5.73 Å². The minimum atomic E-state index is -0.0151. The van der Waals surface area contributed by atoms with Gasteiger partial charge in [-0.3, -0.25) is 0 Å². The number of nitrogens with two attached hydrogens (primary N) is 1. The van der Waals surface area contributed by atoms with Crippen LogP contribution < -0.4 is 11.1 Å². The lowest BCUT2D eigenvalue weighted by molar-refractivity contribution is 0.222. The van der Waals surface area contributed by atoms with Crippen LogP contribution in [0.2, 0.25) is 0 Å². The van der Waals surface area contributed by atoms with Gasteiger partial charge in [0.15, 0.2) is 0 Å². The van der Waals surface area contributed by atoms with Gasteiger partial charge in [-0.05, 0) is 37.5 Å². The Morgan fingerprint density at radius 1 is 1.41 bits per heavy atom. The van der Waals surface area contributed by atoms with E-state index in [1.165, 1.54) is 0 Å². The van der Waals surface area contributed by atoms with Crippen LogP contribution in [0.5, 0.6) is 0 Å². The van der Waals surface area contributed by atoms with Crippen LogP contribution >= 0.6 is 0 Å². The Labute approximate surface area is 102 Å². The summed E-state index contributed by atoms with van der Waals surface area (Å²) in [7, 11) is 0. The molecule has 1 unspecified atom stereocenters. The number of likely N-dealkylation sites (tertiary alicyclic amines) is 1. The summed E-state index contributed by atoms with van der Waals surface area (Å²) in [4.78, 5) is 13.7. The Hall–Kier alpha value is -1.55. The fourth-order valence-electron chi connectivity index (χ4n) is 2.02. The molecule has 2 amide bonds. The van der Waals surface area contributed by atoms with Gasteiger partial charge in [0.25, 0.3) is 0 Å². The summed E-state index contributed by atoms with van der Waals surface area (Å²) < 4.78 is 0. The summed E-state index contributed by atoms with van der Waals surface area (Å²) in [6.45, 7) is 3.65. The van der Waals surface area contributed by atoms with Crippen molar-refractivity contribution in [2.45, 2.75) is 25.8 Å². The average molecular weight is 233 g/mol. The molecule has 4 heteroatoms. The number of carbonyl (C=O) groups is 1. The molecule has 2 rings (SSSR count). The van der Waals surface area contributed by atoms with E-state index in [0.717, 1.165) is 37.2 Å². The van der Waals surface area contributed by atoms with Crippen LogP contribution in [0.4, 0.5) is 10.5 Å². The van der Waals surface area contributed by atoms with Crippen molar-refractivity contribution in [1.29, 1.82) is 0 Å². The number of hydrogen-bond acceptors (Lipinski definition) is 2. The van der Waals surface area contributed by atoms with E-state index in [0.29, 0.717) is 0 Å². The second-order valence-electron chi connectivity index (χ2n) is 4.54. The Bertz CT molecular complexity index is 397. The molecule has 1 fully saturated rings. The molecule has 0 aliphatic carbocycles. The van der Waals surface area contributed by atoms with E-state index in [1.807, 2.05) is 36.1 Å². The van der Waals surface area contributed by atoms with Gasteiger partial charge >= 0.3 is 6.03 Å². The Kier molecular flexibility index (Phi) is 3.64. The fourth-order valence-corrected chi connectivity index (χ4v) is 2.02. The molecule has 0 spiro atoms. The maximum absolute atomic E-state index is 11.9. The fraction of sp³-hybridized carbons (Fsp3) is 0.462. The van der Waals surface area contributed by atoms with E-state index < -0.39 is 0 Å². The first kappa shape index (κ1) is 11.9. The minimum absolute atomic E-state index is 0.00988. The van der Waals surface area contributed by atoms with Crippen LogP contribution in [0.15, 0.2) is 24.3 Å². The summed E-state index contributed by atoms with van der Waals surface area (Å²) in [5.74, 6) is 0. The topological polar surface area (TPSA) is 58.4 Å². The second-order valence-corrected chi connectivity index (χ2v) is 4.54. The molecule has 1 aliphatic rings. The number of benzene rings is 1. The number of carbonyl (C=O) groups excluding carboxylic acids is 1. The average Bonchev–Trinajstić information content (AvgIpc) is 2.82. The monoisotopic (exact) mass is 233 g/mol. The van der Waals surface area contributed by atoms with Gasteiger partial charge in [0.05, 0.1) is 0 Å². The maximum Gasteiger partial charge on any atom is 0.321 e. The number of nitrogens with one attached hydrogen (secondary N) is 1. The zero-order valence-corrected chi connectivity index (χ0v) is 10.1. The van der Waals surface area contributed by atoms with Crippen molar-refractivity contribution in [2.75, 3.05) is 18.4 Å². The lowest BCUT2D eigenvalue weighted by Gasteiger charge is -2.17. The van der Waals surface area contributed by atoms with Crippen LogP contribution in [0, 0.1) is 0 Å². The summed E-state index contributed by atoms with van der Waals surface area (Å²) in [5, 5.41) is 2.91. The van der Waals surface area contributed by atoms with Crippen molar-refractivity contribution in [3.63, 3.8) is 0 Å². The molecule has 1 saturated heterocycles. The standard InChI is InChI=1S/C13H19N3O/c1-10(14)11-5-4-6-12(9-11)15-13(17)16-7-2-3-8-16/h4-6,9-10H,2-3,7-8,14H2,1H3,(H,15,17). The van der Waals surface area contributed by atoms with Crippen LogP contribution in [-0.4, -0.2) is 24.0 Å². The summed E-state index contributed by atoms with van der Waals surface area (Å²) in [6.07, 6.45) is 2.21. The lowest BCUT2D eigenvalue weighted by Crippen LogP contribution is -2.32. The highest BCUT2D eigenvalue weighted by molar-refractivity contribution is 5.89.